The first-order valence-electron chi connectivity index (χ1n) is 8.06. The number of nitrogens with zero attached hydrogens (tertiary/aromatic N) is 1. The van der Waals surface area contributed by atoms with E-state index in [2.05, 4.69) is 0 Å². The minimum Gasteiger partial charge on any atom is -0.479 e. The number of benzene rings is 1. The Labute approximate surface area is 137 Å². The van der Waals surface area contributed by atoms with Crippen LogP contribution in [0.1, 0.15) is 43.2 Å². The second-order valence-electron chi connectivity index (χ2n) is 6.28. The minimum absolute atomic E-state index is 0.149. The molecule has 0 bridgehead atoms. The van der Waals surface area contributed by atoms with Gasteiger partial charge in [-0.2, -0.15) is 0 Å². The Kier molecular flexibility index (Phi) is 5.77. The first kappa shape index (κ1) is 17.5. The van der Waals surface area contributed by atoms with Crippen LogP contribution < -0.4 is 0 Å². The molecule has 1 aromatic carbocycles. The van der Waals surface area contributed by atoms with E-state index in [0.29, 0.717) is 19.4 Å². The van der Waals surface area contributed by atoms with Gasteiger partial charge in [0.2, 0.25) is 5.91 Å². The molecule has 0 unspecified atom stereocenters. The van der Waals surface area contributed by atoms with Gasteiger partial charge in [0.1, 0.15) is 5.54 Å². The molecule has 0 aromatic heterocycles. The molecule has 1 fully saturated rings. The van der Waals surface area contributed by atoms with Crippen LogP contribution in [0.2, 0.25) is 0 Å². The van der Waals surface area contributed by atoms with Gasteiger partial charge in [0.25, 0.3) is 0 Å². The fourth-order valence-corrected chi connectivity index (χ4v) is 3.36. The maximum absolute atomic E-state index is 12.6. The summed E-state index contributed by atoms with van der Waals surface area (Å²) in [7, 11) is 3.26. The molecule has 1 aliphatic rings. The van der Waals surface area contributed by atoms with Gasteiger partial charge in [-0.1, -0.05) is 43.5 Å². The first-order chi connectivity index (χ1) is 11.0. The third-order valence-corrected chi connectivity index (χ3v) is 4.75. The van der Waals surface area contributed by atoms with Crippen LogP contribution in [0.25, 0.3) is 0 Å². The quantitative estimate of drug-likeness (QED) is 0.875. The monoisotopic (exact) mass is 319 g/mol. The van der Waals surface area contributed by atoms with Crippen LogP contribution in [0.3, 0.4) is 0 Å². The van der Waals surface area contributed by atoms with Crippen molar-refractivity contribution in [1.29, 1.82) is 0 Å². The van der Waals surface area contributed by atoms with Crippen LogP contribution in [0, 0.1) is 0 Å². The van der Waals surface area contributed by atoms with Crippen molar-refractivity contribution >= 4 is 11.9 Å². The van der Waals surface area contributed by atoms with Crippen LogP contribution in [0.5, 0.6) is 0 Å². The lowest BCUT2D eigenvalue weighted by molar-refractivity contribution is -0.160. The van der Waals surface area contributed by atoms with Crippen molar-refractivity contribution in [3.63, 3.8) is 0 Å². The second-order valence-corrected chi connectivity index (χ2v) is 6.28. The Morgan fingerprint density at radius 1 is 1.22 bits per heavy atom. The van der Waals surface area contributed by atoms with E-state index in [1.807, 2.05) is 24.3 Å². The summed E-state index contributed by atoms with van der Waals surface area (Å²) >= 11 is 0. The number of carboxylic acid groups (broad SMARTS) is 1. The summed E-state index contributed by atoms with van der Waals surface area (Å²) in [5, 5.41) is 9.68. The molecule has 1 aliphatic carbocycles. The molecule has 1 saturated carbocycles. The summed E-state index contributed by atoms with van der Waals surface area (Å²) in [6.07, 6.45) is 4.03. The number of hydrogen-bond acceptors (Lipinski definition) is 3. The molecule has 0 heterocycles. The number of ether oxygens (including phenoxy) is 1. The molecule has 0 radical (unpaired) electrons. The minimum atomic E-state index is -1.04. The molecule has 1 aromatic rings. The third kappa shape index (κ3) is 3.91. The Hall–Kier alpha value is -1.88. The van der Waals surface area contributed by atoms with Crippen molar-refractivity contribution in [3.8, 4) is 0 Å². The highest BCUT2D eigenvalue weighted by Crippen LogP contribution is 2.33. The summed E-state index contributed by atoms with van der Waals surface area (Å²) < 4.78 is 5.10. The average molecular weight is 319 g/mol. The molecule has 126 valence electrons. The van der Waals surface area contributed by atoms with Gasteiger partial charge in [-0.05, 0) is 24.0 Å². The number of rotatable bonds is 6. The fourth-order valence-electron chi connectivity index (χ4n) is 3.36. The first-order valence-corrected chi connectivity index (χ1v) is 8.06. The topological polar surface area (TPSA) is 66.8 Å². The van der Waals surface area contributed by atoms with Crippen molar-refractivity contribution in [1.82, 2.24) is 4.90 Å². The van der Waals surface area contributed by atoms with Gasteiger partial charge in [0, 0.05) is 14.2 Å². The zero-order chi connectivity index (χ0) is 16.9. The molecular formula is C18H25NO4. The van der Waals surface area contributed by atoms with Crippen molar-refractivity contribution in [3.05, 3.63) is 35.4 Å². The van der Waals surface area contributed by atoms with E-state index >= 15 is 0 Å². The average Bonchev–Trinajstić information content (AvgIpc) is 2.55. The predicted molar refractivity (Wildman–Crippen MR) is 87.1 cm³/mol. The molecule has 0 atom stereocenters. The molecule has 23 heavy (non-hydrogen) atoms. The lowest BCUT2D eigenvalue weighted by Gasteiger charge is -2.41. The largest absolute Gasteiger partial charge is 0.479 e. The van der Waals surface area contributed by atoms with E-state index in [9.17, 15) is 14.7 Å². The molecule has 0 saturated heterocycles. The van der Waals surface area contributed by atoms with Crippen LogP contribution in [-0.4, -0.2) is 41.6 Å². The smallest absolute Gasteiger partial charge is 0.329 e. The highest BCUT2D eigenvalue weighted by molar-refractivity contribution is 5.88. The van der Waals surface area contributed by atoms with Crippen LogP contribution in [-0.2, 0) is 27.4 Å². The van der Waals surface area contributed by atoms with Crippen LogP contribution >= 0.6 is 0 Å². The maximum atomic E-state index is 12.6. The number of aliphatic carboxylic acids is 1. The Morgan fingerprint density at radius 3 is 2.48 bits per heavy atom. The van der Waals surface area contributed by atoms with E-state index < -0.39 is 11.5 Å². The predicted octanol–water partition coefficient (Wildman–Crippen LogP) is 2.62. The molecule has 0 aliphatic heterocycles. The van der Waals surface area contributed by atoms with Crippen LogP contribution in [0.4, 0.5) is 0 Å². The Morgan fingerprint density at radius 2 is 1.87 bits per heavy atom. The van der Waals surface area contributed by atoms with Crippen LogP contribution in [0.15, 0.2) is 24.3 Å². The fraction of sp³-hybridized carbons (Fsp3) is 0.556. The standard InChI is InChI=1S/C18H25NO4/c1-19(18(17(21)22)9-4-3-5-10-18)16(20)12-14-7-6-8-15(11-14)13-23-2/h6-8,11H,3-5,9-10,12-13H2,1-2H3,(H,21,22). The summed E-state index contributed by atoms with van der Waals surface area (Å²) in [6.45, 7) is 0.497. The van der Waals surface area contributed by atoms with Crippen molar-refractivity contribution < 1.29 is 19.4 Å². The highest BCUT2D eigenvalue weighted by atomic mass is 16.5. The third-order valence-electron chi connectivity index (χ3n) is 4.75. The Balaban J connectivity index is 2.12. The molecule has 2 rings (SSSR count). The van der Waals surface area contributed by atoms with Crippen molar-refractivity contribution in [2.45, 2.75) is 50.7 Å². The molecule has 1 amide bonds. The number of hydrogen-bond donors (Lipinski definition) is 1. The van der Waals surface area contributed by atoms with E-state index in [1.165, 1.54) is 4.90 Å². The lowest BCUT2D eigenvalue weighted by Crippen LogP contribution is -2.56. The van der Waals surface area contributed by atoms with E-state index in [1.54, 1.807) is 14.2 Å². The zero-order valence-electron chi connectivity index (χ0n) is 13.9. The van der Waals surface area contributed by atoms with Gasteiger partial charge in [-0.25, -0.2) is 4.79 Å². The normalized spacial score (nSPS) is 16.8. The summed E-state index contributed by atoms with van der Waals surface area (Å²) in [5.41, 5.74) is 0.846. The lowest BCUT2D eigenvalue weighted by atomic mass is 9.80. The summed E-state index contributed by atoms with van der Waals surface area (Å²) in [6, 6.07) is 7.66. The van der Waals surface area contributed by atoms with Gasteiger partial charge in [-0.15, -0.1) is 0 Å². The zero-order valence-corrected chi connectivity index (χ0v) is 13.9. The number of amides is 1. The van der Waals surface area contributed by atoms with Crippen molar-refractivity contribution in [2.75, 3.05) is 14.2 Å². The van der Waals surface area contributed by atoms with E-state index in [0.717, 1.165) is 30.4 Å². The molecule has 5 nitrogen and oxygen atoms in total. The molecule has 0 spiro atoms. The SMILES string of the molecule is COCc1cccc(CC(=O)N(C)C2(C(=O)O)CCCCC2)c1. The number of methoxy groups -OCH3 is 1. The number of carboxylic acids is 1. The Bertz CT molecular complexity index is 564. The number of carbonyl (C=O) groups is 2. The van der Waals surface area contributed by atoms with Gasteiger partial charge in [-0.3, -0.25) is 4.79 Å². The van der Waals surface area contributed by atoms with E-state index in [-0.39, 0.29) is 12.3 Å². The molecular weight excluding hydrogens is 294 g/mol. The highest BCUT2D eigenvalue weighted by Gasteiger charge is 2.45. The van der Waals surface area contributed by atoms with Gasteiger partial charge >= 0.3 is 5.97 Å². The number of carbonyl (C=O) groups excluding carboxylic acids is 1. The summed E-state index contributed by atoms with van der Waals surface area (Å²) in [5.74, 6) is -1.04. The summed E-state index contributed by atoms with van der Waals surface area (Å²) in [4.78, 5) is 25.9. The van der Waals surface area contributed by atoms with Crippen molar-refractivity contribution in [2.24, 2.45) is 0 Å². The molecule has 1 N–H and O–H groups in total. The number of likely N-dealkylation sites (N-methyl/N-ethyl adjacent to an activating group) is 1. The van der Waals surface area contributed by atoms with E-state index in [4.69, 9.17) is 4.74 Å². The van der Waals surface area contributed by atoms with Gasteiger partial charge in [0.05, 0.1) is 13.0 Å². The van der Waals surface area contributed by atoms with Gasteiger partial charge in [0.15, 0.2) is 0 Å². The maximum Gasteiger partial charge on any atom is 0.329 e. The second kappa shape index (κ2) is 7.59. The molecule has 5 heteroatoms. The van der Waals surface area contributed by atoms with Gasteiger partial charge < -0.3 is 14.7 Å².